The summed E-state index contributed by atoms with van der Waals surface area (Å²) in [7, 11) is 0. The van der Waals surface area contributed by atoms with Gasteiger partial charge in [0.25, 0.3) is 0 Å². The minimum absolute atomic E-state index is 0.894. The Hall–Kier alpha value is -2.16. The molecule has 0 aliphatic rings. The largest absolute Gasteiger partial charge is 0.372 e. The molecule has 0 aromatic heterocycles. The number of anilines is 1. The van der Waals surface area contributed by atoms with Crippen LogP contribution in [0.3, 0.4) is 0 Å². The summed E-state index contributed by atoms with van der Waals surface area (Å²) < 4.78 is 0. The second-order valence-corrected chi connectivity index (χ2v) is 11.4. The molecule has 0 spiro atoms. The van der Waals surface area contributed by atoms with Crippen molar-refractivity contribution >= 4 is 17.1 Å². The van der Waals surface area contributed by atoms with Crippen molar-refractivity contribution < 1.29 is 0 Å². The molecule has 0 saturated heterocycles. The summed E-state index contributed by atoms with van der Waals surface area (Å²) in [4.78, 5) is 2.62. The van der Waals surface area contributed by atoms with Crippen LogP contribution in [0.15, 0.2) is 64.8 Å². The topological polar surface area (TPSA) is 28.0 Å². The molecule has 0 fully saturated rings. The molecule has 0 atom stereocenters. The molecule has 3 nitrogen and oxygen atoms in total. The van der Waals surface area contributed by atoms with Crippen molar-refractivity contribution in [3.63, 3.8) is 0 Å². The quantitative estimate of drug-likeness (QED) is 0.0921. The Kier molecular flexibility index (Phi) is 20.1. The molecule has 3 heteroatoms. The van der Waals surface area contributed by atoms with Gasteiger partial charge in [-0.2, -0.15) is 10.2 Å². The lowest BCUT2D eigenvalue weighted by molar-refractivity contribution is 0.543. The van der Waals surface area contributed by atoms with E-state index >= 15 is 0 Å². The number of nitrogens with zero attached hydrogens (tertiary/aromatic N) is 3. The zero-order chi connectivity index (χ0) is 27.6. The van der Waals surface area contributed by atoms with E-state index in [2.05, 4.69) is 53.2 Å². The van der Waals surface area contributed by atoms with E-state index in [-0.39, 0.29) is 0 Å². The second-order valence-electron chi connectivity index (χ2n) is 11.4. The van der Waals surface area contributed by atoms with Gasteiger partial charge in [0.2, 0.25) is 0 Å². The Labute approximate surface area is 241 Å². The number of azo groups is 1. The highest BCUT2D eigenvalue weighted by atomic mass is 15.1. The zero-order valence-electron chi connectivity index (χ0n) is 25.6. The van der Waals surface area contributed by atoms with Crippen LogP contribution in [0.5, 0.6) is 0 Å². The van der Waals surface area contributed by atoms with Gasteiger partial charge in [-0.15, -0.1) is 0 Å². The predicted octanol–water partition coefficient (Wildman–Crippen LogP) is 12.8. The minimum atomic E-state index is 0.894. The van der Waals surface area contributed by atoms with E-state index in [1.165, 1.54) is 147 Å². The van der Waals surface area contributed by atoms with Gasteiger partial charge < -0.3 is 4.90 Å². The van der Waals surface area contributed by atoms with E-state index < -0.39 is 0 Å². The fourth-order valence-electron chi connectivity index (χ4n) is 5.29. The van der Waals surface area contributed by atoms with Crippen LogP contribution in [0, 0.1) is 0 Å². The summed E-state index contributed by atoms with van der Waals surface area (Å²) in [6, 6.07) is 18.7. The van der Waals surface area contributed by atoms with Crippen molar-refractivity contribution in [2.75, 3.05) is 18.0 Å². The smallest absolute Gasteiger partial charge is 0.0858 e. The minimum Gasteiger partial charge on any atom is -0.372 e. The summed E-state index contributed by atoms with van der Waals surface area (Å²) in [5, 5.41) is 8.81. The third-order valence-electron chi connectivity index (χ3n) is 7.82. The number of benzene rings is 2. The molecule has 0 radical (unpaired) electrons. The number of hydrogen-bond acceptors (Lipinski definition) is 3. The van der Waals surface area contributed by atoms with E-state index in [9.17, 15) is 0 Å². The molecular weight excluding hydrogens is 474 g/mol. The maximum absolute atomic E-state index is 4.44. The summed E-state index contributed by atoms with van der Waals surface area (Å²) in [6.45, 7) is 6.92. The molecule has 2 aromatic carbocycles. The Bertz CT molecular complexity index is 791. The monoisotopic (exact) mass is 533 g/mol. The van der Waals surface area contributed by atoms with Crippen molar-refractivity contribution in [1.82, 2.24) is 0 Å². The van der Waals surface area contributed by atoms with Crippen molar-refractivity contribution in [3.05, 3.63) is 54.6 Å². The average molecular weight is 534 g/mol. The first-order valence-electron chi connectivity index (χ1n) is 16.6. The molecule has 0 heterocycles. The van der Waals surface area contributed by atoms with Gasteiger partial charge in [-0.05, 0) is 49.2 Å². The molecule has 2 aromatic rings. The highest BCUT2D eigenvalue weighted by molar-refractivity contribution is 5.53. The molecule has 0 aliphatic heterocycles. The Morgan fingerprint density at radius 3 is 1.18 bits per heavy atom. The predicted molar refractivity (Wildman–Crippen MR) is 173 cm³/mol. The van der Waals surface area contributed by atoms with Crippen molar-refractivity contribution in [2.24, 2.45) is 10.2 Å². The van der Waals surface area contributed by atoms with Gasteiger partial charge in [-0.1, -0.05) is 148 Å². The first-order chi connectivity index (χ1) is 19.3. The van der Waals surface area contributed by atoms with Crippen LogP contribution in [-0.4, -0.2) is 13.1 Å². The van der Waals surface area contributed by atoms with Crippen molar-refractivity contribution in [2.45, 2.75) is 142 Å². The van der Waals surface area contributed by atoms with Gasteiger partial charge in [0.15, 0.2) is 0 Å². The zero-order valence-corrected chi connectivity index (χ0v) is 25.6. The molecule has 0 saturated carbocycles. The van der Waals surface area contributed by atoms with E-state index in [4.69, 9.17) is 0 Å². The third kappa shape index (κ3) is 17.2. The van der Waals surface area contributed by atoms with E-state index in [1.54, 1.807) is 0 Å². The summed E-state index contributed by atoms with van der Waals surface area (Å²) in [5.74, 6) is 0. The summed E-state index contributed by atoms with van der Waals surface area (Å²) in [5.41, 5.74) is 3.14. The van der Waals surface area contributed by atoms with Gasteiger partial charge in [-0.3, -0.25) is 0 Å². The van der Waals surface area contributed by atoms with E-state index in [0.717, 1.165) is 11.4 Å². The van der Waals surface area contributed by atoms with Gasteiger partial charge >= 0.3 is 0 Å². The molecule has 218 valence electrons. The number of unbranched alkanes of at least 4 members (excludes halogenated alkanes) is 18. The first-order valence-corrected chi connectivity index (χ1v) is 16.6. The van der Waals surface area contributed by atoms with Crippen LogP contribution < -0.4 is 4.90 Å². The maximum atomic E-state index is 4.44. The third-order valence-corrected chi connectivity index (χ3v) is 7.82. The van der Waals surface area contributed by atoms with Crippen LogP contribution in [-0.2, 0) is 0 Å². The lowest BCUT2D eigenvalue weighted by Gasteiger charge is -2.25. The lowest BCUT2D eigenvalue weighted by Crippen LogP contribution is -2.25. The van der Waals surface area contributed by atoms with Gasteiger partial charge in [0, 0.05) is 18.8 Å². The van der Waals surface area contributed by atoms with Crippen LogP contribution >= 0.6 is 0 Å². The Balaban J connectivity index is 1.74. The SMILES string of the molecule is CCCCCCCCCCCCN(CCCCCCCCCCCC)c1ccc(/N=N/c2ccccc2)cc1. The van der Waals surface area contributed by atoms with Crippen molar-refractivity contribution in [1.29, 1.82) is 0 Å². The first kappa shape index (κ1) is 33.0. The van der Waals surface area contributed by atoms with Gasteiger partial charge in [-0.25, -0.2) is 0 Å². The maximum Gasteiger partial charge on any atom is 0.0858 e. The molecule has 39 heavy (non-hydrogen) atoms. The standard InChI is InChI=1S/C36H59N3/c1-3-5-7-9-11-13-15-17-19-24-32-39(33-25-20-18-16-14-12-10-8-6-4-2)36-30-28-35(29-31-36)38-37-34-26-22-21-23-27-34/h21-23,26-31H,3-20,24-25,32-33H2,1-2H3/b38-37+. The second kappa shape index (κ2) is 23.7. The van der Waals surface area contributed by atoms with Gasteiger partial charge in [0.05, 0.1) is 11.4 Å². The molecule has 0 bridgehead atoms. The fraction of sp³-hybridized carbons (Fsp3) is 0.667. The molecule has 0 amide bonds. The Morgan fingerprint density at radius 1 is 0.410 bits per heavy atom. The highest BCUT2D eigenvalue weighted by Crippen LogP contribution is 2.23. The lowest BCUT2D eigenvalue weighted by atomic mass is 10.1. The van der Waals surface area contributed by atoms with E-state index in [1.807, 2.05) is 30.3 Å². The molecule has 0 aliphatic carbocycles. The van der Waals surface area contributed by atoms with Crippen LogP contribution in [0.2, 0.25) is 0 Å². The van der Waals surface area contributed by atoms with Crippen LogP contribution in [0.4, 0.5) is 17.1 Å². The fourth-order valence-corrected chi connectivity index (χ4v) is 5.29. The number of hydrogen-bond donors (Lipinski definition) is 0. The van der Waals surface area contributed by atoms with Crippen molar-refractivity contribution in [3.8, 4) is 0 Å². The number of rotatable bonds is 25. The Morgan fingerprint density at radius 2 is 0.769 bits per heavy atom. The normalized spacial score (nSPS) is 11.4. The van der Waals surface area contributed by atoms with Gasteiger partial charge in [0.1, 0.15) is 0 Å². The highest BCUT2D eigenvalue weighted by Gasteiger charge is 2.07. The molecular formula is C36H59N3. The summed E-state index contributed by atoms with van der Waals surface area (Å²) in [6.07, 6.45) is 27.8. The summed E-state index contributed by atoms with van der Waals surface area (Å²) >= 11 is 0. The van der Waals surface area contributed by atoms with Crippen LogP contribution in [0.25, 0.3) is 0 Å². The molecule has 2 rings (SSSR count). The van der Waals surface area contributed by atoms with Crippen LogP contribution in [0.1, 0.15) is 142 Å². The van der Waals surface area contributed by atoms with E-state index in [0.29, 0.717) is 0 Å². The molecule has 0 N–H and O–H groups in total. The molecule has 0 unspecified atom stereocenters. The average Bonchev–Trinajstić information content (AvgIpc) is 2.97.